The average Bonchev–Trinajstić information content (AvgIpc) is 3.33. The molecule has 0 amide bonds. The first kappa shape index (κ1) is 21.6. The maximum atomic E-state index is 13.4. The molecule has 5 nitrogen and oxygen atoms in total. The Kier molecular flexibility index (Phi) is 6.36. The zero-order chi connectivity index (χ0) is 21.3. The molecule has 5 N–H and O–H groups in total. The molecule has 1 aromatic carbocycles. The largest absolute Gasteiger partial charge is 0.390 e. The molecule has 1 aliphatic rings. The Balaban J connectivity index is 1.47. The van der Waals surface area contributed by atoms with Gasteiger partial charge in [0, 0.05) is 39.1 Å². The number of fused-ring (bicyclic) bond motifs is 1. The van der Waals surface area contributed by atoms with E-state index >= 15 is 0 Å². The number of nitrogens with two attached hydrogens (primary N) is 1. The van der Waals surface area contributed by atoms with Gasteiger partial charge in [-0.15, -0.1) is 11.3 Å². The number of aliphatic hydroxyl groups excluding tert-OH is 1. The summed E-state index contributed by atoms with van der Waals surface area (Å²) in [6.45, 7) is 0.266. The quantitative estimate of drug-likeness (QED) is 0.403. The van der Waals surface area contributed by atoms with Crippen molar-refractivity contribution in [2.75, 3.05) is 6.54 Å². The lowest BCUT2D eigenvalue weighted by molar-refractivity contribution is 0.123. The minimum absolute atomic E-state index is 0.182. The summed E-state index contributed by atoms with van der Waals surface area (Å²) in [5, 5.41) is 23.5. The zero-order valence-corrected chi connectivity index (χ0v) is 18.6. The van der Waals surface area contributed by atoms with Crippen molar-refractivity contribution in [2.24, 2.45) is 5.73 Å². The fourth-order valence-electron chi connectivity index (χ4n) is 4.06. The first-order valence-corrected chi connectivity index (χ1v) is 11.4. The van der Waals surface area contributed by atoms with Gasteiger partial charge >= 0.3 is 0 Å². The van der Waals surface area contributed by atoms with E-state index in [9.17, 15) is 13.9 Å². The molecule has 9 heteroatoms. The highest BCUT2D eigenvalue weighted by atomic mass is 79.9. The van der Waals surface area contributed by atoms with Gasteiger partial charge in [-0.1, -0.05) is 0 Å². The van der Waals surface area contributed by atoms with E-state index in [1.54, 1.807) is 11.3 Å². The van der Waals surface area contributed by atoms with Crippen LogP contribution in [0.5, 0.6) is 0 Å². The van der Waals surface area contributed by atoms with E-state index in [1.165, 1.54) is 17.0 Å². The van der Waals surface area contributed by atoms with E-state index in [0.717, 1.165) is 41.1 Å². The van der Waals surface area contributed by atoms with Gasteiger partial charge in [-0.3, -0.25) is 5.10 Å². The number of aliphatic hydroxyl groups is 1. The number of aromatic amines is 1. The minimum Gasteiger partial charge on any atom is -0.390 e. The van der Waals surface area contributed by atoms with Crippen LogP contribution in [-0.2, 0) is 24.8 Å². The molecule has 3 aromatic rings. The van der Waals surface area contributed by atoms with Crippen LogP contribution in [0, 0.1) is 11.6 Å². The van der Waals surface area contributed by atoms with Gasteiger partial charge in [-0.25, -0.2) is 8.78 Å². The number of H-pyrrole nitrogens is 1. The molecule has 1 aliphatic carbocycles. The van der Waals surface area contributed by atoms with E-state index in [4.69, 9.17) is 5.73 Å². The molecule has 0 fully saturated rings. The summed E-state index contributed by atoms with van der Waals surface area (Å²) in [5.74, 6) is -1.30. The highest BCUT2D eigenvalue weighted by Gasteiger charge is 2.38. The second kappa shape index (κ2) is 8.84. The van der Waals surface area contributed by atoms with Gasteiger partial charge < -0.3 is 16.2 Å². The Morgan fingerprint density at radius 1 is 1.30 bits per heavy atom. The molecule has 0 saturated carbocycles. The number of benzene rings is 1. The van der Waals surface area contributed by atoms with Gasteiger partial charge in [0.25, 0.3) is 0 Å². The third-order valence-corrected chi connectivity index (χ3v) is 7.57. The molecule has 3 unspecified atom stereocenters. The van der Waals surface area contributed by atoms with Crippen molar-refractivity contribution in [3.05, 3.63) is 73.6 Å². The smallest absolute Gasteiger partial charge is 0.126 e. The molecule has 0 spiro atoms. The number of hydrogen-bond donors (Lipinski definition) is 4. The van der Waals surface area contributed by atoms with Crippen LogP contribution >= 0.6 is 27.3 Å². The first-order chi connectivity index (χ1) is 14.3. The summed E-state index contributed by atoms with van der Waals surface area (Å²) < 4.78 is 27.9. The molecular formula is C21H23BrF2N4OS. The molecule has 2 aromatic heterocycles. The molecule has 0 saturated heterocycles. The van der Waals surface area contributed by atoms with E-state index in [0.29, 0.717) is 5.56 Å². The number of aryl methyl sites for hydroxylation is 1. The van der Waals surface area contributed by atoms with Crippen LogP contribution in [0.2, 0.25) is 0 Å². The predicted molar refractivity (Wildman–Crippen MR) is 116 cm³/mol. The predicted octanol–water partition coefficient (Wildman–Crippen LogP) is 3.42. The van der Waals surface area contributed by atoms with Gasteiger partial charge in [0.2, 0.25) is 0 Å². The maximum Gasteiger partial charge on any atom is 0.126 e. The lowest BCUT2D eigenvalue weighted by Crippen LogP contribution is -2.52. The van der Waals surface area contributed by atoms with E-state index < -0.39 is 23.8 Å². The molecule has 3 atom stereocenters. The second-order valence-corrected chi connectivity index (χ2v) is 9.68. The third kappa shape index (κ3) is 4.65. The normalized spacial score (nSPS) is 20.7. The SMILES string of the molecule is NC(Cc1cc(F)cc(F)c1)C(O)CNC1(c2cc(Br)cs2)CCc2[nH]ncc2C1. The molecule has 0 aliphatic heterocycles. The average molecular weight is 497 g/mol. The summed E-state index contributed by atoms with van der Waals surface area (Å²) in [5.41, 5.74) is 8.56. The molecule has 160 valence electrons. The van der Waals surface area contributed by atoms with Crippen molar-refractivity contribution in [1.29, 1.82) is 0 Å². The Bertz CT molecular complexity index is 1010. The molecule has 0 bridgehead atoms. The van der Waals surface area contributed by atoms with Crippen molar-refractivity contribution in [1.82, 2.24) is 15.5 Å². The van der Waals surface area contributed by atoms with Crippen LogP contribution < -0.4 is 11.1 Å². The van der Waals surface area contributed by atoms with Crippen LogP contribution in [0.15, 0.2) is 40.3 Å². The number of hydrogen-bond acceptors (Lipinski definition) is 5. The summed E-state index contributed by atoms with van der Waals surface area (Å²) in [4.78, 5) is 1.18. The van der Waals surface area contributed by atoms with Crippen molar-refractivity contribution >= 4 is 27.3 Å². The lowest BCUT2D eigenvalue weighted by Gasteiger charge is -2.38. The van der Waals surface area contributed by atoms with Crippen molar-refractivity contribution < 1.29 is 13.9 Å². The van der Waals surface area contributed by atoms with Gasteiger partial charge in [0.15, 0.2) is 0 Å². The standard InChI is InChI=1S/C21H23BrF2N4OS/c22-14-6-20(30-11-14)21(2-1-18-13(8-21)9-27-28-18)26-10-19(29)17(25)5-12-3-15(23)7-16(24)4-12/h3-4,6-7,9,11,17,19,26,29H,1-2,5,8,10,25H2,(H,27,28). The number of rotatable bonds is 7. The van der Waals surface area contributed by atoms with Crippen molar-refractivity contribution in [3.63, 3.8) is 0 Å². The highest BCUT2D eigenvalue weighted by molar-refractivity contribution is 9.10. The Morgan fingerprint density at radius 3 is 2.77 bits per heavy atom. The number of halogens is 3. The second-order valence-electron chi connectivity index (χ2n) is 7.86. The first-order valence-electron chi connectivity index (χ1n) is 9.74. The topological polar surface area (TPSA) is 87.0 Å². The van der Waals surface area contributed by atoms with E-state index in [1.807, 2.05) is 11.6 Å². The minimum atomic E-state index is -0.873. The van der Waals surface area contributed by atoms with Crippen LogP contribution in [-0.4, -0.2) is 34.0 Å². The van der Waals surface area contributed by atoms with E-state index in [2.05, 4.69) is 37.5 Å². The van der Waals surface area contributed by atoms with Crippen LogP contribution in [0.1, 0.15) is 28.1 Å². The molecular weight excluding hydrogens is 474 g/mol. The molecule has 0 radical (unpaired) electrons. The Hall–Kier alpha value is -1.65. The molecule has 2 heterocycles. The maximum absolute atomic E-state index is 13.4. The van der Waals surface area contributed by atoms with E-state index in [-0.39, 0.29) is 18.5 Å². The zero-order valence-electron chi connectivity index (χ0n) is 16.2. The highest BCUT2D eigenvalue weighted by Crippen LogP contribution is 2.39. The molecule has 4 rings (SSSR count). The molecule has 30 heavy (non-hydrogen) atoms. The number of thiophene rings is 1. The summed E-state index contributed by atoms with van der Waals surface area (Å²) in [6.07, 6.45) is 3.62. The Morgan fingerprint density at radius 2 is 2.07 bits per heavy atom. The van der Waals surface area contributed by atoms with Crippen molar-refractivity contribution in [2.45, 2.75) is 43.4 Å². The third-order valence-electron chi connectivity index (χ3n) is 5.68. The van der Waals surface area contributed by atoms with Crippen LogP contribution in [0.4, 0.5) is 8.78 Å². The van der Waals surface area contributed by atoms with Gasteiger partial charge in [-0.2, -0.15) is 5.10 Å². The fourth-order valence-corrected chi connectivity index (χ4v) is 5.69. The fraction of sp³-hybridized carbons (Fsp3) is 0.381. The van der Waals surface area contributed by atoms with Gasteiger partial charge in [0.1, 0.15) is 11.6 Å². The lowest BCUT2D eigenvalue weighted by atomic mass is 9.79. The number of aromatic nitrogens is 2. The Labute approximate surface area is 185 Å². The van der Waals surface area contributed by atoms with Gasteiger partial charge in [0.05, 0.1) is 17.8 Å². The number of nitrogens with zero attached hydrogens (tertiary/aromatic N) is 1. The summed E-state index contributed by atoms with van der Waals surface area (Å²) in [6, 6.07) is 4.76. The number of nitrogens with one attached hydrogen (secondary N) is 2. The van der Waals surface area contributed by atoms with Gasteiger partial charge in [-0.05, 0) is 70.9 Å². The van der Waals surface area contributed by atoms with Crippen molar-refractivity contribution in [3.8, 4) is 0 Å². The monoisotopic (exact) mass is 496 g/mol. The van der Waals surface area contributed by atoms with Crippen LogP contribution in [0.25, 0.3) is 0 Å². The summed E-state index contributed by atoms with van der Waals surface area (Å²) >= 11 is 5.19. The van der Waals surface area contributed by atoms with Crippen LogP contribution in [0.3, 0.4) is 0 Å². The summed E-state index contributed by atoms with van der Waals surface area (Å²) in [7, 11) is 0.